The number of nitrogens with one attached hydrogen (secondary N) is 1. The Balaban J connectivity index is 2.38. The molecule has 3 N–H and O–H groups in total. The smallest absolute Gasteiger partial charge is 0.332 e. The summed E-state index contributed by atoms with van der Waals surface area (Å²) in [4.78, 5) is 50.6. The highest BCUT2D eigenvalue weighted by atomic mass is 32.2. The van der Waals surface area contributed by atoms with Gasteiger partial charge in [-0.05, 0) is 43.2 Å². The Morgan fingerprint density at radius 3 is 2.11 bits per heavy atom. The van der Waals surface area contributed by atoms with Gasteiger partial charge in [0.25, 0.3) is 15.7 Å². The Hall–Kier alpha value is -2.42. The van der Waals surface area contributed by atoms with E-state index in [1.54, 1.807) is 0 Å². The van der Waals surface area contributed by atoms with E-state index < -0.39 is 78.9 Å². The maximum atomic E-state index is 13.5. The Labute approximate surface area is 260 Å². The monoisotopic (exact) mass is 674 g/mol. The second kappa shape index (κ2) is 11.4. The highest BCUT2D eigenvalue weighted by molar-refractivity contribution is 7.90. The van der Waals surface area contributed by atoms with Crippen LogP contribution in [0.15, 0.2) is 26.9 Å². The van der Waals surface area contributed by atoms with Crippen molar-refractivity contribution < 1.29 is 35.8 Å². The van der Waals surface area contributed by atoms with Crippen molar-refractivity contribution in [3.05, 3.63) is 43.7 Å². The molecular weight excluding hydrogens is 629 g/mol. The first-order valence-corrected chi connectivity index (χ1v) is 21.5. The minimum Gasteiger partial charge on any atom is -0.414 e. The maximum Gasteiger partial charge on any atom is 0.332 e. The molecule has 17 heteroatoms. The summed E-state index contributed by atoms with van der Waals surface area (Å²) in [6, 6.07) is 0. The molecule has 0 bridgehead atoms. The van der Waals surface area contributed by atoms with Crippen molar-refractivity contribution in [1.29, 1.82) is 0 Å². The second-order valence-electron chi connectivity index (χ2n) is 14.5. The van der Waals surface area contributed by atoms with Crippen LogP contribution in [0.5, 0.6) is 0 Å². The molecule has 1 aromatic rings. The fraction of sp³-hybridized carbons (Fsp3) is 0.704. The summed E-state index contributed by atoms with van der Waals surface area (Å²) >= 11 is 0. The number of nitrogens with zero attached hydrogens (tertiary/aromatic N) is 2. The van der Waals surface area contributed by atoms with Gasteiger partial charge in [-0.3, -0.25) is 23.5 Å². The van der Waals surface area contributed by atoms with Gasteiger partial charge in [0.15, 0.2) is 28.5 Å². The Kier molecular flexibility index (Phi) is 9.37. The quantitative estimate of drug-likeness (QED) is 0.245. The molecule has 14 nitrogen and oxygen atoms in total. The van der Waals surface area contributed by atoms with E-state index in [4.69, 9.17) is 23.5 Å². The van der Waals surface area contributed by atoms with Crippen molar-refractivity contribution in [1.82, 2.24) is 14.5 Å². The fourth-order valence-electron chi connectivity index (χ4n) is 4.51. The van der Waals surface area contributed by atoms with Crippen LogP contribution in [0.4, 0.5) is 0 Å². The number of hydrogen-bond donors (Lipinski definition) is 2. The summed E-state index contributed by atoms with van der Waals surface area (Å²) in [5.41, 5.74) is 1.72. The van der Waals surface area contributed by atoms with Crippen LogP contribution < -0.4 is 22.3 Å². The van der Waals surface area contributed by atoms with E-state index in [1.165, 1.54) is 20.2 Å². The SMILES string of the molecule is Cc1cn([C@@H]2O[C@H](CO[Si](C)(C)C(C)(C)C)[C@@]3(OS(=O)(=O)C=C3NC(=O)C(N)=O)[C@H]2O[Si](C)(C)C(C)(C)C)c(=O)n(C)c1=O. The van der Waals surface area contributed by atoms with Gasteiger partial charge in [-0.25, -0.2) is 8.98 Å². The van der Waals surface area contributed by atoms with Crippen LogP contribution in [-0.4, -0.2) is 70.4 Å². The first-order valence-electron chi connectivity index (χ1n) is 14.2. The first-order chi connectivity index (χ1) is 19.7. The lowest BCUT2D eigenvalue weighted by atomic mass is 9.89. The number of nitrogens with two attached hydrogens (primary N) is 1. The first kappa shape index (κ1) is 36.1. The van der Waals surface area contributed by atoms with Crippen molar-refractivity contribution in [2.24, 2.45) is 12.8 Å². The number of aryl methyl sites for hydroxylation is 1. The molecule has 0 unspecified atom stereocenters. The highest BCUT2D eigenvalue weighted by Crippen LogP contribution is 2.52. The number of carbonyl (C=O) groups is 2. The van der Waals surface area contributed by atoms with Crippen LogP contribution in [0.3, 0.4) is 0 Å². The molecule has 0 aromatic carbocycles. The summed E-state index contributed by atoms with van der Waals surface area (Å²) < 4.78 is 54.2. The third-order valence-electron chi connectivity index (χ3n) is 9.26. The van der Waals surface area contributed by atoms with Crippen LogP contribution in [0, 0.1) is 6.92 Å². The zero-order valence-corrected chi connectivity index (χ0v) is 30.4. The normalized spacial score (nSPS) is 25.7. The van der Waals surface area contributed by atoms with E-state index in [1.807, 2.05) is 67.7 Å². The van der Waals surface area contributed by atoms with Crippen LogP contribution in [0.25, 0.3) is 0 Å². The van der Waals surface area contributed by atoms with Gasteiger partial charge in [-0.2, -0.15) is 8.42 Å². The minimum atomic E-state index is -4.50. The van der Waals surface area contributed by atoms with Gasteiger partial charge in [0.05, 0.1) is 17.7 Å². The predicted molar refractivity (Wildman–Crippen MR) is 168 cm³/mol. The highest BCUT2D eigenvalue weighted by Gasteiger charge is 2.68. The van der Waals surface area contributed by atoms with Crippen LogP contribution in [-0.2, 0) is 44.5 Å². The molecule has 1 saturated heterocycles. The molecule has 44 heavy (non-hydrogen) atoms. The van der Waals surface area contributed by atoms with E-state index in [0.29, 0.717) is 5.41 Å². The number of amides is 2. The molecule has 248 valence electrons. The summed E-state index contributed by atoms with van der Waals surface area (Å²) in [5.74, 6) is -2.65. The third kappa shape index (κ3) is 6.45. The number of carbonyl (C=O) groups excluding carboxylic acids is 2. The van der Waals surface area contributed by atoms with Gasteiger partial charge >= 0.3 is 17.5 Å². The van der Waals surface area contributed by atoms with Crippen LogP contribution in [0.1, 0.15) is 53.3 Å². The molecule has 2 amide bonds. The molecule has 1 spiro atoms. The van der Waals surface area contributed by atoms with E-state index in [2.05, 4.69) is 5.32 Å². The molecule has 2 aliphatic heterocycles. The summed E-state index contributed by atoms with van der Waals surface area (Å²) in [6.45, 7) is 21.1. The van der Waals surface area contributed by atoms with Gasteiger partial charge in [0.2, 0.25) is 0 Å². The number of hydrogen-bond acceptors (Lipinski definition) is 10. The third-order valence-corrected chi connectivity index (χ3v) is 19.2. The van der Waals surface area contributed by atoms with Crippen molar-refractivity contribution >= 4 is 38.6 Å². The molecule has 0 aliphatic carbocycles. The van der Waals surface area contributed by atoms with E-state index in [9.17, 15) is 27.6 Å². The van der Waals surface area contributed by atoms with Crippen molar-refractivity contribution in [3.8, 4) is 0 Å². The lowest BCUT2D eigenvalue weighted by molar-refractivity contribution is -0.137. The maximum absolute atomic E-state index is 13.5. The predicted octanol–water partition coefficient (Wildman–Crippen LogP) is 1.71. The van der Waals surface area contributed by atoms with Gasteiger partial charge < -0.3 is 24.6 Å². The van der Waals surface area contributed by atoms with Gasteiger partial charge in [0, 0.05) is 18.8 Å². The Bertz CT molecular complexity index is 1600. The number of ether oxygens (including phenoxy) is 1. The molecule has 2 aliphatic rings. The van der Waals surface area contributed by atoms with Crippen LogP contribution >= 0.6 is 0 Å². The second-order valence-corrected chi connectivity index (χ2v) is 25.4. The molecule has 0 saturated carbocycles. The standard InChI is InChI=1S/C27H46N4O10SSi2/c1-16-13-31(24(35)30(8)22(16)34)23-19(40-44(11,12)26(5,6)7)27(18(39-23)14-38-43(9,10)25(2,3)4)17(15-42(36,37)41-27)29-21(33)20(28)32/h13,15,18-19,23H,14H2,1-12H3,(H2,28,32)(H,29,33)/t18-,19+,23-,27-/m1/s1. The number of primary amides is 1. The summed E-state index contributed by atoms with van der Waals surface area (Å²) in [6.07, 6.45) is -2.70. The zero-order chi connectivity index (χ0) is 34.0. The lowest BCUT2D eigenvalue weighted by Gasteiger charge is -2.44. The molecule has 3 rings (SSSR count). The van der Waals surface area contributed by atoms with Crippen LogP contribution in [0.2, 0.25) is 36.3 Å². The van der Waals surface area contributed by atoms with Crippen molar-refractivity contribution in [3.63, 3.8) is 0 Å². The molecule has 0 radical (unpaired) electrons. The molecule has 3 heterocycles. The van der Waals surface area contributed by atoms with E-state index >= 15 is 0 Å². The van der Waals surface area contributed by atoms with E-state index in [-0.39, 0.29) is 22.9 Å². The number of rotatable bonds is 7. The van der Waals surface area contributed by atoms with Crippen molar-refractivity contribution in [2.75, 3.05) is 6.61 Å². The molecule has 4 atom stereocenters. The average Bonchev–Trinajstić information content (AvgIpc) is 3.29. The largest absolute Gasteiger partial charge is 0.414 e. The lowest BCUT2D eigenvalue weighted by Crippen LogP contribution is -2.60. The van der Waals surface area contributed by atoms with Crippen molar-refractivity contribution in [2.45, 2.75) is 109 Å². The summed E-state index contributed by atoms with van der Waals surface area (Å²) in [5, 5.41) is 2.33. The van der Waals surface area contributed by atoms with Gasteiger partial charge in [0.1, 0.15) is 12.2 Å². The van der Waals surface area contributed by atoms with E-state index in [0.717, 1.165) is 9.13 Å². The minimum absolute atomic E-state index is 0.217. The fourth-order valence-corrected chi connectivity index (χ4v) is 8.05. The number of aromatic nitrogens is 2. The molecule has 1 aromatic heterocycles. The zero-order valence-electron chi connectivity index (χ0n) is 27.6. The molecular formula is C27H46N4O10SSi2. The Morgan fingerprint density at radius 1 is 1.07 bits per heavy atom. The topological polar surface area (TPSA) is 187 Å². The van der Waals surface area contributed by atoms with Gasteiger partial charge in [-0.1, -0.05) is 41.5 Å². The van der Waals surface area contributed by atoms with Gasteiger partial charge in [-0.15, -0.1) is 0 Å². The average molecular weight is 675 g/mol. The summed E-state index contributed by atoms with van der Waals surface area (Å²) in [7, 11) is -8.53. The Morgan fingerprint density at radius 2 is 1.61 bits per heavy atom. The molecule has 1 fully saturated rings.